The molecule has 1 rings (SSSR count). The molecule has 2 nitrogen and oxygen atoms in total. The number of benzene rings is 1. The molecule has 0 atom stereocenters. The van der Waals surface area contributed by atoms with Crippen LogP contribution in [0.3, 0.4) is 0 Å². The van der Waals surface area contributed by atoms with Gasteiger partial charge in [0.2, 0.25) is 0 Å². The Bertz CT molecular complexity index is 214. The fourth-order valence-corrected chi connectivity index (χ4v) is 0.824. The van der Waals surface area contributed by atoms with Crippen molar-refractivity contribution < 1.29 is 9.90 Å². The van der Waals surface area contributed by atoms with E-state index in [0.29, 0.717) is 0 Å². The van der Waals surface area contributed by atoms with E-state index in [0.717, 1.165) is 6.42 Å². The smallest absolute Gasteiger partial charge is 0.290 e. The van der Waals surface area contributed by atoms with Crippen LogP contribution in [-0.2, 0) is 11.2 Å². The number of aryl methyl sites for hydroxylation is 2. The summed E-state index contributed by atoms with van der Waals surface area (Å²) < 4.78 is 0. The second kappa shape index (κ2) is 11.7. The quantitative estimate of drug-likeness (QED) is 0.700. The summed E-state index contributed by atoms with van der Waals surface area (Å²) in [6.45, 7) is 8.03. The SMILES string of the molecule is CC.CCc1ccc(C)cc1.O=CO. The summed E-state index contributed by atoms with van der Waals surface area (Å²) in [7, 11) is 0. The van der Waals surface area contributed by atoms with E-state index >= 15 is 0 Å². The minimum atomic E-state index is -0.250. The van der Waals surface area contributed by atoms with Crippen molar-refractivity contribution in [2.24, 2.45) is 0 Å². The highest BCUT2D eigenvalue weighted by Crippen LogP contribution is 2.02. The average Bonchev–Trinajstić information content (AvgIpc) is 2.23. The van der Waals surface area contributed by atoms with Gasteiger partial charge in [0.25, 0.3) is 6.47 Å². The van der Waals surface area contributed by atoms with Crippen LogP contribution >= 0.6 is 0 Å². The maximum absolute atomic E-state index is 8.36. The Morgan fingerprint density at radius 2 is 1.57 bits per heavy atom. The first-order valence-electron chi connectivity index (χ1n) is 4.88. The van der Waals surface area contributed by atoms with Crippen LogP contribution in [0.25, 0.3) is 0 Å². The largest absolute Gasteiger partial charge is 0.483 e. The lowest BCUT2D eigenvalue weighted by atomic mass is 10.1. The maximum Gasteiger partial charge on any atom is 0.290 e. The first-order chi connectivity index (χ1) is 6.74. The highest BCUT2D eigenvalue weighted by molar-refractivity contribution is 5.32. The summed E-state index contributed by atoms with van der Waals surface area (Å²) in [5, 5.41) is 6.89. The normalized spacial score (nSPS) is 7.43. The highest BCUT2D eigenvalue weighted by atomic mass is 16.3. The van der Waals surface area contributed by atoms with Crippen LogP contribution in [0.4, 0.5) is 0 Å². The van der Waals surface area contributed by atoms with E-state index in [9.17, 15) is 0 Å². The summed E-state index contributed by atoms with van der Waals surface area (Å²) in [6.07, 6.45) is 1.14. The molecule has 14 heavy (non-hydrogen) atoms. The Morgan fingerprint density at radius 3 is 1.86 bits per heavy atom. The first kappa shape index (κ1) is 15.2. The number of carboxylic acid groups (broad SMARTS) is 1. The average molecular weight is 196 g/mol. The molecule has 0 aliphatic carbocycles. The Morgan fingerprint density at radius 1 is 1.21 bits per heavy atom. The van der Waals surface area contributed by atoms with Gasteiger partial charge in [0, 0.05) is 0 Å². The van der Waals surface area contributed by atoms with E-state index in [1.54, 1.807) is 0 Å². The Labute approximate surface area is 86.6 Å². The van der Waals surface area contributed by atoms with Gasteiger partial charge in [-0.05, 0) is 18.9 Å². The molecule has 2 heteroatoms. The molecular formula is C12H20O2. The predicted molar refractivity (Wildman–Crippen MR) is 60.6 cm³/mol. The van der Waals surface area contributed by atoms with Gasteiger partial charge >= 0.3 is 0 Å². The van der Waals surface area contributed by atoms with Crippen LogP contribution in [0.5, 0.6) is 0 Å². The number of hydrogen-bond donors (Lipinski definition) is 1. The van der Waals surface area contributed by atoms with Crippen molar-refractivity contribution >= 4 is 6.47 Å². The number of carbonyl (C=O) groups is 1. The Balaban J connectivity index is 0. The molecule has 1 N–H and O–H groups in total. The molecule has 0 aliphatic rings. The van der Waals surface area contributed by atoms with Crippen LogP contribution in [0, 0.1) is 6.92 Å². The van der Waals surface area contributed by atoms with Crippen LogP contribution in [0.1, 0.15) is 31.9 Å². The molecule has 0 saturated carbocycles. The summed E-state index contributed by atoms with van der Waals surface area (Å²) >= 11 is 0. The molecule has 1 aromatic carbocycles. The van der Waals surface area contributed by atoms with Gasteiger partial charge < -0.3 is 5.11 Å². The zero-order chi connectivity index (χ0) is 11.4. The van der Waals surface area contributed by atoms with Gasteiger partial charge in [0.1, 0.15) is 0 Å². The van der Waals surface area contributed by atoms with E-state index in [-0.39, 0.29) is 6.47 Å². The fourth-order valence-electron chi connectivity index (χ4n) is 0.824. The van der Waals surface area contributed by atoms with Crippen LogP contribution < -0.4 is 0 Å². The lowest BCUT2D eigenvalue weighted by Gasteiger charge is -1.94. The highest BCUT2D eigenvalue weighted by Gasteiger charge is 1.84. The van der Waals surface area contributed by atoms with Crippen LogP contribution in [-0.4, -0.2) is 11.6 Å². The summed E-state index contributed by atoms with van der Waals surface area (Å²) in [5.41, 5.74) is 2.76. The topological polar surface area (TPSA) is 37.3 Å². The fraction of sp³-hybridized carbons (Fsp3) is 0.417. The molecule has 80 valence electrons. The van der Waals surface area contributed by atoms with E-state index in [1.807, 2.05) is 13.8 Å². The molecule has 0 unspecified atom stereocenters. The second-order valence-electron chi connectivity index (χ2n) is 2.44. The third kappa shape index (κ3) is 8.78. The standard InChI is InChI=1S/C9H12.C2H6.CH2O2/c1-3-9-6-4-8(2)5-7-9;1-2;2-1-3/h4-7H,3H2,1-2H3;1-2H3;1H,(H,2,3). The maximum atomic E-state index is 8.36. The van der Waals surface area contributed by atoms with E-state index in [4.69, 9.17) is 9.90 Å². The molecule has 0 heterocycles. The van der Waals surface area contributed by atoms with Gasteiger partial charge in [0.05, 0.1) is 0 Å². The lowest BCUT2D eigenvalue weighted by molar-refractivity contribution is -0.122. The molecule has 0 amide bonds. The first-order valence-corrected chi connectivity index (χ1v) is 4.88. The van der Waals surface area contributed by atoms with Crippen molar-refractivity contribution in [1.29, 1.82) is 0 Å². The molecule has 0 fully saturated rings. The summed E-state index contributed by atoms with van der Waals surface area (Å²) in [6, 6.07) is 8.66. The van der Waals surface area contributed by atoms with Gasteiger partial charge in [-0.15, -0.1) is 0 Å². The third-order valence-electron chi connectivity index (χ3n) is 1.53. The summed E-state index contributed by atoms with van der Waals surface area (Å²) in [5.74, 6) is 0. The molecule has 0 bridgehead atoms. The van der Waals surface area contributed by atoms with Gasteiger partial charge in [-0.1, -0.05) is 50.6 Å². The van der Waals surface area contributed by atoms with Crippen LogP contribution in [0.2, 0.25) is 0 Å². The van der Waals surface area contributed by atoms with E-state index in [2.05, 4.69) is 38.1 Å². The zero-order valence-corrected chi connectivity index (χ0v) is 9.45. The lowest BCUT2D eigenvalue weighted by Crippen LogP contribution is -1.77. The predicted octanol–water partition coefficient (Wildman–Crippen LogP) is 3.28. The van der Waals surface area contributed by atoms with Gasteiger partial charge in [-0.2, -0.15) is 0 Å². The second-order valence-corrected chi connectivity index (χ2v) is 2.44. The molecule has 0 aromatic heterocycles. The molecular weight excluding hydrogens is 176 g/mol. The molecule has 0 saturated heterocycles. The third-order valence-corrected chi connectivity index (χ3v) is 1.53. The van der Waals surface area contributed by atoms with Crippen molar-refractivity contribution in [3.8, 4) is 0 Å². The Hall–Kier alpha value is -1.31. The molecule has 0 spiro atoms. The minimum Gasteiger partial charge on any atom is -0.483 e. The van der Waals surface area contributed by atoms with Crippen molar-refractivity contribution in [3.63, 3.8) is 0 Å². The van der Waals surface area contributed by atoms with Crippen molar-refractivity contribution in [2.45, 2.75) is 34.1 Å². The van der Waals surface area contributed by atoms with Crippen molar-refractivity contribution in [1.82, 2.24) is 0 Å². The van der Waals surface area contributed by atoms with Crippen LogP contribution in [0.15, 0.2) is 24.3 Å². The van der Waals surface area contributed by atoms with Crippen molar-refractivity contribution in [2.75, 3.05) is 0 Å². The Kier molecular flexibility index (Phi) is 12.7. The number of rotatable bonds is 1. The minimum absolute atomic E-state index is 0.250. The zero-order valence-electron chi connectivity index (χ0n) is 9.45. The van der Waals surface area contributed by atoms with Gasteiger partial charge in [-0.25, -0.2) is 0 Å². The van der Waals surface area contributed by atoms with Gasteiger partial charge in [0.15, 0.2) is 0 Å². The monoisotopic (exact) mass is 196 g/mol. The van der Waals surface area contributed by atoms with Crippen molar-refractivity contribution in [3.05, 3.63) is 35.4 Å². The molecule has 0 aliphatic heterocycles. The number of hydrogen-bond acceptors (Lipinski definition) is 1. The van der Waals surface area contributed by atoms with E-state index < -0.39 is 0 Å². The summed E-state index contributed by atoms with van der Waals surface area (Å²) in [4.78, 5) is 8.36. The van der Waals surface area contributed by atoms with E-state index in [1.165, 1.54) is 11.1 Å². The van der Waals surface area contributed by atoms with Gasteiger partial charge in [-0.3, -0.25) is 4.79 Å². The molecule has 1 aromatic rings. The molecule has 0 radical (unpaired) electrons.